The van der Waals surface area contributed by atoms with Gasteiger partial charge in [-0.3, -0.25) is 4.79 Å². The van der Waals surface area contributed by atoms with Crippen LogP contribution in [-0.2, 0) is 0 Å². The van der Waals surface area contributed by atoms with E-state index >= 15 is 0 Å². The van der Waals surface area contributed by atoms with E-state index in [0.717, 1.165) is 19.3 Å². The van der Waals surface area contributed by atoms with Crippen molar-refractivity contribution in [1.29, 1.82) is 0 Å². The van der Waals surface area contributed by atoms with Crippen LogP contribution >= 0.6 is 0 Å². The van der Waals surface area contributed by atoms with Gasteiger partial charge in [0.15, 0.2) is 5.78 Å². The molecule has 0 aliphatic rings. The molecule has 2 heteroatoms. The summed E-state index contributed by atoms with van der Waals surface area (Å²) >= 11 is 0. The van der Waals surface area contributed by atoms with Crippen LogP contribution in [0, 0.1) is 11.7 Å². The second-order valence-electron chi connectivity index (χ2n) is 3.76. The van der Waals surface area contributed by atoms with Crippen LogP contribution in [0.3, 0.4) is 0 Å². The van der Waals surface area contributed by atoms with E-state index in [-0.39, 0.29) is 17.5 Å². The number of rotatable bonds is 5. The summed E-state index contributed by atoms with van der Waals surface area (Å²) in [5, 5.41) is 0. The van der Waals surface area contributed by atoms with Crippen molar-refractivity contribution in [2.24, 2.45) is 5.92 Å². The minimum absolute atomic E-state index is 0.0838. The Morgan fingerprint density at radius 1 is 1.27 bits per heavy atom. The molecule has 0 saturated heterocycles. The van der Waals surface area contributed by atoms with E-state index in [9.17, 15) is 9.18 Å². The second kappa shape index (κ2) is 5.64. The third-order valence-electron chi connectivity index (χ3n) is 2.63. The lowest BCUT2D eigenvalue weighted by Crippen LogP contribution is -2.13. The Bertz CT molecular complexity index is 316. The summed E-state index contributed by atoms with van der Waals surface area (Å²) < 4.78 is 12.7. The predicted octanol–water partition coefficient (Wildman–Crippen LogP) is 3.83. The van der Waals surface area contributed by atoms with Gasteiger partial charge >= 0.3 is 0 Å². The van der Waals surface area contributed by atoms with Crippen LogP contribution in [0.2, 0.25) is 0 Å². The van der Waals surface area contributed by atoms with Crippen molar-refractivity contribution in [3.8, 4) is 0 Å². The summed E-state index contributed by atoms with van der Waals surface area (Å²) in [7, 11) is 0. The van der Waals surface area contributed by atoms with Gasteiger partial charge in [0, 0.05) is 11.5 Å². The van der Waals surface area contributed by atoms with Crippen molar-refractivity contribution in [2.45, 2.75) is 33.1 Å². The third kappa shape index (κ3) is 3.15. The van der Waals surface area contributed by atoms with Gasteiger partial charge in [0.25, 0.3) is 0 Å². The maximum absolute atomic E-state index is 12.7. The van der Waals surface area contributed by atoms with Crippen molar-refractivity contribution in [1.82, 2.24) is 0 Å². The van der Waals surface area contributed by atoms with Crippen LogP contribution < -0.4 is 0 Å². The molecule has 0 aliphatic heterocycles. The first-order chi connectivity index (χ1) is 7.19. The first kappa shape index (κ1) is 11.9. The molecule has 1 aromatic carbocycles. The van der Waals surface area contributed by atoms with E-state index in [1.165, 1.54) is 12.1 Å². The van der Waals surface area contributed by atoms with Gasteiger partial charge in [0.2, 0.25) is 0 Å². The summed E-state index contributed by atoms with van der Waals surface area (Å²) in [6.07, 6.45) is 2.77. The number of carbonyl (C=O) groups is 1. The van der Waals surface area contributed by atoms with Gasteiger partial charge in [-0.25, -0.2) is 4.39 Å². The van der Waals surface area contributed by atoms with Gasteiger partial charge in [-0.05, 0) is 37.1 Å². The van der Waals surface area contributed by atoms with Gasteiger partial charge < -0.3 is 0 Å². The van der Waals surface area contributed by atoms with Crippen LogP contribution in [0.15, 0.2) is 24.3 Å². The Kier molecular flexibility index (Phi) is 4.47. The maximum Gasteiger partial charge on any atom is 0.165 e. The molecule has 0 radical (unpaired) electrons. The molecule has 0 heterocycles. The Balaban J connectivity index is 2.78. The number of Topliss-reactive ketones (excluding diaryl/α,β-unsaturated/α-hetero) is 1. The largest absolute Gasteiger partial charge is 0.294 e. The molecule has 0 saturated carbocycles. The molecule has 0 spiro atoms. The Labute approximate surface area is 90.3 Å². The summed E-state index contributed by atoms with van der Waals surface area (Å²) in [4.78, 5) is 12.0. The van der Waals surface area contributed by atoms with Crippen LogP contribution in [0.1, 0.15) is 43.5 Å². The van der Waals surface area contributed by atoms with E-state index < -0.39 is 0 Å². The molecule has 1 rings (SSSR count). The first-order valence-electron chi connectivity index (χ1n) is 5.48. The number of ketones is 1. The SMILES string of the molecule is CCCC(CC)C(=O)c1ccc(F)cc1. The molecule has 1 aromatic rings. The Hall–Kier alpha value is -1.18. The van der Waals surface area contributed by atoms with Crippen molar-refractivity contribution < 1.29 is 9.18 Å². The lowest BCUT2D eigenvalue weighted by Gasteiger charge is -2.12. The zero-order valence-corrected chi connectivity index (χ0v) is 9.29. The minimum atomic E-state index is -0.296. The van der Waals surface area contributed by atoms with Crippen molar-refractivity contribution in [3.63, 3.8) is 0 Å². The number of benzene rings is 1. The summed E-state index contributed by atoms with van der Waals surface area (Å²) in [5.74, 6) is -0.0742. The number of halogens is 1. The number of hydrogen-bond acceptors (Lipinski definition) is 1. The number of hydrogen-bond donors (Lipinski definition) is 0. The standard InChI is InChI=1S/C13H17FO/c1-3-5-10(4-2)13(15)11-6-8-12(14)9-7-11/h6-10H,3-5H2,1-2H3. The van der Waals surface area contributed by atoms with Crippen LogP contribution in [0.5, 0.6) is 0 Å². The number of carbonyl (C=O) groups excluding carboxylic acids is 1. The molecule has 0 fully saturated rings. The topological polar surface area (TPSA) is 17.1 Å². The highest BCUT2D eigenvalue weighted by molar-refractivity contribution is 5.97. The van der Waals surface area contributed by atoms with Gasteiger partial charge in [-0.2, -0.15) is 0 Å². The molecule has 0 aromatic heterocycles. The van der Waals surface area contributed by atoms with Crippen LogP contribution in [0.4, 0.5) is 4.39 Å². The zero-order chi connectivity index (χ0) is 11.3. The van der Waals surface area contributed by atoms with Crippen LogP contribution in [-0.4, -0.2) is 5.78 Å². The quantitative estimate of drug-likeness (QED) is 0.672. The van der Waals surface area contributed by atoms with E-state index in [1.54, 1.807) is 12.1 Å². The summed E-state index contributed by atoms with van der Waals surface area (Å²) in [6, 6.07) is 5.81. The van der Waals surface area contributed by atoms with Crippen LogP contribution in [0.25, 0.3) is 0 Å². The molecule has 0 bridgehead atoms. The Morgan fingerprint density at radius 2 is 1.87 bits per heavy atom. The third-order valence-corrected chi connectivity index (χ3v) is 2.63. The Morgan fingerprint density at radius 3 is 2.33 bits per heavy atom. The van der Waals surface area contributed by atoms with E-state index in [0.29, 0.717) is 5.56 Å². The summed E-state index contributed by atoms with van der Waals surface area (Å²) in [6.45, 7) is 4.09. The van der Waals surface area contributed by atoms with E-state index in [1.807, 2.05) is 6.92 Å². The van der Waals surface area contributed by atoms with Gasteiger partial charge in [0.1, 0.15) is 5.82 Å². The molecule has 0 amide bonds. The zero-order valence-electron chi connectivity index (χ0n) is 9.29. The lowest BCUT2D eigenvalue weighted by atomic mass is 9.91. The van der Waals surface area contributed by atoms with Crippen molar-refractivity contribution in [3.05, 3.63) is 35.6 Å². The lowest BCUT2D eigenvalue weighted by molar-refractivity contribution is 0.0909. The molecule has 0 N–H and O–H groups in total. The van der Waals surface area contributed by atoms with Gasteiger partial charge in [-0.1, -0.05) is 20.3 Å². The predicted molar refractivity (Wildman–Crippen MR) is 59.4 cm³/mol. The molecule has 15 heavy (non-hydrogen) atoms. The monoisotopic (exact) mass is 208 g/mol. The van der Waals surface area contributed by atoms with Crippen molar-refractivity contribution >= 4 is 5.78 Å². The highest BCUT2D eigenvalue weighted by atomic mass is 19.1. The molecule has 1 nitrogen and oxygen atoms in total. The highest BCUT2D eigenvalue weighted by Crippen LogP contribution is 2.17. The molecule has 0 aliphatic carbocycles. The van der Waals surface area contributed by atoms with Crippen molar-refractivity contribution in [2.75, 3.05) is 0 Å². The maximum atomic E-state index is 12.7. The normalized spacial score (nSPS) is 12.5. The highest BCUT2D eigenvalue weighted by Gasteiger charge is 2.16. The fourth-order valence-electron chi connectivity index (χ4n) is 1.72. The average Bonchev–Trinajstić information content (AvgIpc) is 2.26. The fourth-order valence-corrected chi connectivity index (χ4v) is 1.72. The minimum Gasteiger partial charge on any atom is -0.294 e. The first-order valence-corrected chi connectivity index (χ1v) is 5.48. The van der Waals surface area contributed by atoms with Gasteiger partial charge in [-0.15, -0.1) is 0 Å². The van der Waals surface area contributed by atoms with Gasteiger partial charge in [0.05, 0.1) is 0 Å². The average molecular weight is 208 g/mol. The van der Waals surface area contributed by atoms with E-state index in [4.69, 9.17) is 0 Å². The molecule has 82 valence electrons. The molecule has 1 unspecified atom stereocenters. The molecular formula is C13H17FO. The van der Waals surface area contributed by atoms with E-state index in [2.05, 4.69) is 6.92 Å². The second-order valence-corrected chi connectivity index (χ2v) is 3.76. The molecule has 1 atom stereocenters. The smallest absolute Gasteiger partial charge is 0.165 e. The molecular weight excluding hydrogens is 191 g/mol. The summed E-state index contributed by atoms with van der Waals surface area (Å²) in [5.41, 5.74) is 0.622. The fraction of sp³-hybridized carbons (Fsp3) is 0.462.